The van der Waals surface area contributed by atoms with Gasteiger partial charge in [0.25, 0.3) is 5.91 Å². The molecule has 2 bridgehead atoms. The molecule has 0 aromatic carbocycles. The highest BCUT2D eigenvalue weighted by Gasteiger charge is 2.56. The fraction of sp³-hybridized carbons (Fsp3) is 0.714. The van der Waals surface area contributed by atoms with Crippen LogP contribution < -0.4 is 5.73 Å². The van der Waals surface area contributed by atoms with E-state index in [9.17, 15) is 4.79 Å². The van der Waals surface area contributed by atoms with Crippen LogP contribution in [-0.4, -0.2) is 42.0 Å². The molecule has 2 heterocycles. The van der Waals surface area contributed by atoms with Gasteiger partial charge in [0.05, 0.1) is 0 Å². The number of primary amides is 1. The Kier molecular flexibility index (Phi) is 3.87. The second-order valence-electron chi connectivity index (χ2n) is 8.95. The Bertz CT molecular complexity index is 697. The molecule has 1 aromatic heterocycles. The fourth-order valence-electron chi connectivity index (χ4n) is 6.48. The first-order valence-electron chi connectivity index (χ1n) is 10.2. The van der Waals surface area contributed by atoms with Gasteiger partial charge in [0.15, 0.2) is 0 Å². The van der Waals surface area contributed by atoms with E-state index in [1.165, 1.54) is 38.5 Å². The highest BCUT2D eigenvalue weighted by molar-refractivity contribution is 5.90. The number of likely N-dealkylation sites (tertiary alicyclic amines) is 1. The van der Waals surface area contributed by atoms with Gasteiger partial charge in [-0.05, 0) is 61.6 Å². The van der Waals surface area contributed by atoms with Crippen LogP contribution in [0.1, 0.15) is 54.6 Å². The molecule has 5 nitrogen and oxygen atoms in total. The van der Waals surface area contributed by atoms with E-state index in [-0.39, 0.29) is 5.60 Å². The largest absolute Gasteiger partial charge is 0.373 e. The maximum atomic E-state index is 11.6. The average molecular weight is 355 g/mol. The quantitative estimate of drug-likeness (QED) is 0.901. The van der Waals surface area contributed by atoms with Crippen molar-refractivity contribution in [1.29, 1.82) is 0 Å². The normalized spacial score (nSPS) is 41.7. The zero-order valence-electron chi connectivity index (χ0n) is 15.6. The van der Waals surface area contributed by atoms with Crippen molar-refractivity contribution in [2.45, 2.75) is 50.2 Å². The van der Waals surface area contributed by atoms with Gasteiger partial charge in [-0.2, -0.15) is 0 Å². The summed E-state index contributed by atoms with van der Waals surface area (Å²) in [6.07, 6.45) is 9.66. The van der Waals surface area contributed by atoms with E-state index in [0.29, 0.717) is 17.5 Å². The van der Waals surface area contributed by atoms with E-state index in [4.69, 9.17) is 10.5 Å². The van der Waals surface area contributed by atoms with Crippen molar-refractivity contribution in [1.82, 2.24) is 9.88 Å². The Hall–Kier alpha value is -1.46. The third-order valence-electron chi connectivity index (χ3n) is 7.76. The summed E-state index contributed by atoms with van der Waals surface area (Å²) in [6.45, 7) is 2.23. The number of hydrogen-bond acceptors (Lipinski definition) is 4. The summed E-state index contributed by atoms with van der Waals surface area (Å²) in [5, 5.41) is 0. The van der Waals surface area contributed by atoms with E-state index < -0.39 is 5.91 Å². The van der Waals surface area contributed by atoms with Gasteiger partial charge in [0.1, 0.15) is 11.3 Å². The van der Waals surface area contributed by atoms with Gasteiger partial charge in [0, 0.05) is 44.3 Å². The second kappa shape index (κ2) is 6.03. The number of nitrogens with two attached hydrogens (primary N) is 1. The molecule has 5 atom stereocenters. The minimum atomic E-state index is -0.467. The standard InChI is InChI=1S/C21H29N3O2/c1-26-21(15-5-6-23-19(10-15)20(22)25)16-3-2-4-17(21)12-24(11-16)18-8-13-7-14(13)9-18/h5-6,10,13-14,16-18H,2-4,7-9,11-12H2,1H3,(H2,22,25)/t13-,14+,16?,17?,18+,21?. The predicted molar refractivity (Wildman–Crippen MR) is 98.5 cm³/mol. The van der Waals surface area contributed by atoms with E-state index in [0.717, 1.165) is 36.5 Å². The Morgan fingerprint density at radius 1 is 1.23 bits per heavy atom. The Labute approximate surface area is 155 Å². The van der Waals surface area contributed by atoms with Gasteiger partial charge in [-0.3, -0.25) is 14.7 Å². The summed E-state index contributed by atoms with van der Waals surface area (Å²) in [4.78, 5) is 18.6. The highest BCUT2D eigenvalue weighted by atomic mass is 16.5. The molecule has 0 radical (unpaired) electrons. The molecule has 0 spiro atoms. The monoisotopic (exact) mass is 355 g/mol. The van der Waals surface area contributed by atoms with E-state index in [2.05, 4.69) is 9.88 Å². The molecule has 1 aliphatic heterocycles. The summed E-state index contributed by atoms with van der Waals surface area (Å²) in [5.74, 6) is 2.52. The van der Waals surface area contributed by atoms with Gasteiger partial charge in [-0.15, -0.1) is 0 Å². The van der Waals surface area contributed by atoms with Gasteiger partial charge in [-0.1, -0.05) is 6.42 Å². The smallest absolute Gasteiger partial charge is 0.267 e. The number of aromatic nitrogens is 1. The van der Waals surface area contributed by atoms with Gasteiger partial charge in [-0.25, -0.2) is 0 Å². The summed E-state index contributed by atoms with van der Waals surface area (Å²) < 4.78 is 6.30. The Morgan fingerprint density at radius 3 is 2.54 bits per heavy atom. The van der Waals surface area contributed by atoms with Crippen LogP contribution in [-0.2, 0) is 10.3 Å². The first-order valence-corrected chi connectivity index (χ1v) is 10.2. The van der Waals surface area contributed by atoms with Crippen molar-refractivity contribution in [2.75, 3.05) is 20.2 Å². The number of rotatable bonds is 4. The SMILES string of the molecule is COC1(c2ccnc(C(N)=O)c2)C2CCCC1CN([C@H]1C[C@H]3C[C@H]3C1)C2. The number of piperidine rings is 1. The Morgan fingerprint density at radius 2 is 1.92 bits per heavy atom. The molecule has 5 heteroatoms. The van der Waals surface area contributed by atoms with Crippen LogP contribution in [0.15, 0.2) is 18.3 Å². The lowest BCUT2D eigenvalue weighted by Gasteiger charge is -2.56. The molecular weight excluding hydrogens is 326 g/mol. The van der Waals surface area contributed by atoms with Crippen LogP contribution in [0.4, 0.5) is 0 Å². The maximum Gasteiger partial charge on any atom is 0.267 e. The van der Waals surface area contributed by atoms with Crippen LogP contribution in [0.5, 0.6) is 0 Å². The first-order chi connectivity index (χ1) is 12.6. The molecule has 140 valence electrons. The number of pyridine rings is 1. The maximum absolute atomic E-state index is 11.6. The lowest BCUT2D eigenvalue weighted by molar-refractivity contribution is -0.174. The molecule has 1 amide bonds. The predicted octanol–water partition coefficient (Wildman–Crippen LogP) is 2.55. The number of hydrogen-bond donors (Lipinski definition) is 1. The molecule has 1 aromatic rings. The lowest BCUT2D eigenvalue weighted by atomic mass is 9.62. The highest BCUT2D eigenvalue weighted by Crippen LogP contribution is 2.56. The van der Waals surface area contributed by atoms with Crippen LogP contribution in [0.25, 0.3) is 0 Å². The van der Waals surface area contributed by atoms with Crippen molar-refractivity contribution in [3.8, 4) is 0 Å². The molecule has 5 rings (SSSR count). The number of amides is 1. The topological polar surface area (TPSA) is 68.5 Å². The average Bonchev–Trinajstić information content (AvgIpc) is 3.25. The van der Waals surface area contributed by atoms with E-state index in [1.807, 2.05) is 19.2 Å². The summed E-state index contributed by atoms with van der Waals surface area (Å²) in [6, 6.07) is 4.69. The molecule has 2 unspecified atom stereocenters. The number of carbonyl (C=O) groups is 1. The van der Waals surface area contributed by atoms with Crippen LogP contribution in [0.3, 0.4) is 0 Å². The molecule has 1 saturated heterocycles. The van der Waals surface area contributed by atoms with Crippen molar-refractivity contribution in [2.24, 2.45) is 29.4 Å². The lowest BCUT2D eigenvalue weighted by Crippen LogP contribution is -2.60. The molecule has 3 aliphatic carbocycles. The number of methoxy groups -OCH3 is 1. The van der Waals surface area contributed by atoms with Gasteiger partial charge < -0.3 is 10.5 Å². The van der Waals surface area contributed by atoms with Crippen LogP contribution in [0.2, 0.25) is 0 Å². The molecule has 2 N–H and O–H groups in total. The van der Waals surface area contributed by atoms with E-state index >= 15 is 0 Å². The van der Waals surface area contributed by atoms with Gasteiger partial charge in [0.2, 0.25) is 0 Å². The summed E-state index contributed by atoms with van der Waals surface area (Å²) in [5.41, 5.74) is 6.61. The minimum absolute atomic E-state index is 0.302. The molecule has 4 aliphatic rings. The summed E-state index contributed by atoms with van der Waals surface area (Å²) >= 11 is 0. The molecule has 3 saturated carbocycles. The molecule has 26 heavy (non-hydrogen) atoms. The van der Waals surface area contributed by atoms with Gasteiger partial charge >= 0.3 is 0 Å². The van der Waals surface area contributed by atoms with Crippen molar-refractivity contribution < 1.29 is 9.53 Å². The third kappa shape index (κ3) is 2.43. The summed E-state index contributed by atoms with van der Waals surface area (Å²) in [7, 11) is 1.84. The second-order valence-corrected chi connectivity index (χ2v) is 8.95. The molecule has 4 fully saturated rings. The number of carbonyl (C=O) groups excluding carboxylic acids is 1. The number of nitrogens with zero attached hydrogens (tertiary/aromatic N) is 2. The fourth-order valence-corrected chi connectivity index (χ4v) is 6.48. The van der Waals surface area contributed by atoms with E-state index in [1.54, 1.807) is 6.20 Å². The number of ether oxygens (including phenoxy) is 1. The number of fused-ring (bicyclic) bond motifs is 3. The van der Waals surface area contributed by atoms with Crippen LogP contribution in [0, 0.1) is 23.7 Å². The van der Waals surface area contributed by atoms with Crippen LogP contribution >= 0.6 is 0 Å². The Balaban J connectivity index is 1.46. The van der Waals surface area contributed by atoms with Crippen molar-refractivity contribution >= 4 is 5.91 Å². The zero-order valence-corrected chi connectivity index (χ0v) is 15.6. The van der Waals surface area contributed by atoms with Crippen molar-refractivity contribution in [3.63, 3.8) is 0 Å². The zero-order chi connectivity index (χ0) is 17.9. The third-order valence-corrected chi connectivity index (χ3v) is 7.76. The first kappa shape index (κ1) is 16.7. The molecular formula is C21H29N3O2. The van der Waals surface area contributed by atoms with Crippen molar-refractivity contribution in [3.05, 3.63) is 29.6 Å². The minimum Gasteiger partial charge on any atom is -0.373 e.